The summed E-state index contributed by atoms with van der Waals surface area (Å²) in [5.41, 5.74) is -0.275. The van der Waals surface area contributed by atoms with Gasteiger partial charge in [-0.05, 0) is 278 Å². The average Bonchev–Trinajstić information content (AvgIpc) is 1.50. The van der Waals surface area contributed by atoms with Crippen LogP contribution in [-0.4, -0.2) is 72.2 Å². The van der Waals surface area contributed by atoms with Crippen LogP contribution in [0.15, 0.2) is 70.5 Å². The molecule has 1 spiro atoms. The van der Waals surface area contributed by atoms with Gasteiger partial charge in [0.1, 0.15) is 0 Å². The van der Waals surface area contributed by atoms with Crippen LogP contribution in [0.25, 0.3) is 0 Å². The molecule has 0 aromatic heterocycles. The first-order valence-corrected chi connectivity index (χ1v) is 39.0. The number of aliphatic hydroxyl groups is 3. The number of sulfone groups is 2. The van der Waals surface area contributed by atoms with Crippen LogP contribution in [-0.2, 0) is 24.4 Å². The van der Waals surface area contributed by atoms with Crippen molar-refractivity contribution in [1.29, 1.82) is 0 Å². The van der Waals surface area contributed by atoms with Gasteiger partial charge >= 0.3 is 18.9 Å². The summed E-state index contributed by atoms with van der Waals surface area (Å²) in [6.07, 6.45) is 35.1. The summed E-state index contributed by atoms with van der Waals surface area (Å²) in [7, 11) is -6.83. The van der Waals surface area contributed by atoms with Crippen LogP contribution in [0.2, 0.25) is 0 Å². The van der Waals surface area contributed by atoms with Crippen LogP contribution >= 0.6 is 0 Å². The molecule has 0 amide bonds. The zero-order chi connectivity index (χ0) is 61.8. The maximum absolute atomic E-state index is 14.4. The maximum atomic E-state index is 14.4. The van der Waals surface area contributed by atoms with E-state index in [9.17, 15) is 32.2 Å². The SMILES string of the molecule is C.C1CCC2(CC1)CO2.C[C@H](C(CC1(O)CCCCC1)S(=O)(=O)c1ccccc1)[C@H]1CC[C@H]2[C@@H]3CC[C@H]4C[C@@](C)(O)CC[C@]4(C)[C@H]3CC[C@]12C.C[C@H](CS(=O)(=O)c1ccccc1)[C@H]1CC[C@H]2[C@@H]3CC[C@H]4C[C@@](C)(O)CC[C@]4(C)[C@H]3CC[C@]12C.[CH2-]CCC.[Li+]. The van der Waals surface area contributed by atoms with Crippen LogP contribution < -0.4 is 18.9 Å². The van der Waals surface area contributed by atoms with Crippen molar-refractivity contribution >= 4 is 19.7 Å². The van der Waals surface area contributed by atoms with Crippen molar-refractivity contribution in [3.63, 3.8) is 0 Å². The number of unbranched alkanes of at least 4 members (excludes halogenated alkanes) is 1. The van der Waals surface area contributed by atoms with Crippen LogP contribution in [0.5, 0.6) is 0 Å². The van der Waals surface area contributed by atoms with Crippen molar-refractivity contribution in [1.82, 2.24) is 0 Å². The maximum Gasteiger partial charge on any atom is 1.00 e. The summed E-state index contributed by atoms with van der Waals surface area (Å²) in [5.74, 6) is 7.06. The van der Waals surface area contributed by atoms with E-state index in [2.05, 4.69) is 55.4 Å². The minimum absolute atomic E-state index is 0. The minimum Gasteiger partial charge on any atom is -0.390 e. The molecular weight excluding hydrogens is 1120 g/mol. The molecule has 8 nitrogen and oxygen atoms in total. The molecule has 13 rings (SSSR count). The molecule has 19 atom stereocenters. The molecule has 3 N–H and O–H groups in total. The normalized spacial score (nSPS) is 41.1. The first-order chi connectivity index (χ1) is 40.6. The second-order valence-electron chi connectivity index (χ2n) is 33.4. The third-order valence-electron chi connectivity index (χ3n) is 28.1. The molecule has 88 heavy (non-hydrogen) atoms. The summed E-state index contributed by atoms with van der Waals surface area (Å²) < 4.78 is 60.3. The van der Waals surface area contributed by atoms with E-state index in [0.717, 1.165) is 113 Å². The van der Waals surface area contributed by atoms with E-state index in [-0.39, 0.29) is 54.7 Å². The Bertz CT molecular complexity index is 2770. The van der Waals surface area contributed by atoms with Crippen LogP contribution in [0.3, 0.4) is 0 Å². The second kappa shape index (κ2) is 28.2. The number of hydrogen-bond acceptors (Lipinski definition) is 8. The van der Waals surface area contributed by atoms with Crippen molar-refractivity contribution in [3.05, 3.63) is 67.6 Å². The predicted molar refractivity (Wildman–Crippen MR) is 357 cm³/mol. The Morgan fingerprint density at radius 2 is 0.955 bits per heavy atom. The summed E-state index contributed by atoms with van der Waals surface area (Å²) >= 11 is 0. The van der Waals surface area contributed by atoms with Gasteiger partial charge in [0.15, 0.2) is 19.7 Å². The Morgan fingerprint density at radius 1 is 0.534 bits per heavy atom. The van der Waals surface area contributed by atoms with Crippen LogP contribution in [0.4, 0.5) is 0 Å². The Hall–Kier alpha value is -1.22. The van der Waals surface area contributed by atoms with E-state index in [4.69, 9.17) is 4.74 Å². The molecule has 11 aliphatic rings. The van der Waals surface area contributed by atoms with Gasteiger partial charge in [0, 0.05) is 0 Å². The monoisotopic (exact) mass is 1250 g/mol. The Kier molecular flexibility index (Phi) is 23.3. The molecule has 11 fully saturated rings. The second-order valence-corrected chi connectivity index (χ2v) is 37.6. The molecule has 0 bridgehead atoms. The van der Waals surface area contributed by atoms with E-state index < -0.39 is 41.7 Å². The van der Waals surface area contributed by atoms with Gasteiger partial charge in [-0.25, -0.2) is 16.8 Å². The molecule has 11 heteroatoms. The molecule has 1 saturated heterocycles. The Balaban J connectivity index is 0.000000190. The number of rotatable bonds is 11. The van der Waals surface area contributed by atoms with Gasteiger partial charge in [0.05, 0.1) is 49.8 Å². The minimum atomic E-state index is -3.58. The van der Waals surface area contributed by atoms with Gasteiger partial charge in [-0.15, -0.1) is 0 Å². The molecule has 1 unspecified atom stereocenters. The number of hydrogen-bond donors (Lipinski definition) is 3. The molecule has 2 aromatic rings. The quantitative estimate of drug-likeness (QED) is 0.115. The first kappa shape index (κ1) is 72.6. The Labute approximate surface area is 550 Å². The summed E-state index contributed by atoms with van der Waals surface area (Å²) in [4.78, 5) is 0.888. The molecule has 494 valence electrons. The number of ether oxygens (including phenoxy) is 1. The van der Waals surface area contributed by atoms with Gasteiger partial charge in [0.2, 0.25) is 0 Å². The Morgan fingerprint density at radius 3 is 1.40 bits per heavy atom. The summed E-state index contributed by atoms with van der Waals surface area (Å²) in [5, 5.41) is 32.7. The molecule has 10 aliphatic carbocycles. The molecule has 1 aliphatic heterocycles. The third kappa shape index (κ3) is 14.8. The fraction of sp³-hybridized carbons (Fsp3) is 0.831. The zero-order valence-electron chi connectivity index (χ0n) is 56.5. The van der Waals surface area contributed by atoms with Gasteiger partial charge < -0.3 is 27.0 Å². The van der Waals surface area contributed by atoms with Crippen molar-refractivity contribution < 1.29 is 55.8 Å². The number of fused-ring (bicyclic) bond motifs is 10. The van der Waals surface area contributed by atoms with E-state index in [0.29, 0.717) is 62.2 Å². The van der Waals surface area contributed by atoms with Gasteiger partial charge in [-0.1, -0.05) is 137 Å². The van der Waals surface area contributed by atoms with E-state index >= 15 is 0 Å². The molecule has 0 radical (unpaired) electrons. The van der Waals surface area contributed by atoms with Crippen molar-refractivity contribution in [2.24, 2.45) is 92.7 Å². The summed E-state index contributed by atoms with van der Waals surface area (Å²) in [6.45, 7) is 25.4. The van der Waals surface area contributed by atoms with Crippen LogP contribution in [0.1, 0.15) is 269 Å². The standard InChI is InChI=1S/C36H56O4S.C29H44O3S.C7H12O.C4H9.CH4.Li/c1-25(32(24-36(38)18-9-6-10-19-36)41(39,40)27-11-7-5-8-12-27)29-15-16-30-28-14-13-26-23-33(2,37)21-22-34(26,3)31(28)17-20-35(29,30)4;1-20(19-33(31,32)22-8-6-5-7-9-22)24-12-13-25-23-11-10-21-18-27(2,30)16-17-28(21,3)26(23)14-15-29(24,25)4;1-2-4-7(5-3-1)6-8-7;1-3-4-2;;/h5,7-8,11-12,25-26,28-32,37-38H,6,9-10,13-24H2,1-4H3;5-9,20-21,23-26,30H,10-19H2,1-4H3;1-6H2;1,3-4H2,2H3;1H4;/q;;;-1;;+1/t25-,26-,28-,29+,30-,31-,32?,33-,34-,35+;20-,21+,23+,24-,25+,26+,27+,28+,29-;;;;/m01..../s1. The number of epoxide rings is 1. The van der Waals surface area contributed by atoms with Crippen LogP contribution in [0, 0.1) is 99.6 Å². The summed E-state index contributed by atoms with van der Waals surface area (Å²) in [6, 6.07) is 18.1. The van der Waals surface area contributed by atoms with E-state index in [1.165, 1.54) is 116 Å². The van der Waals surface area contributed by atoms with Crippen molar-refractivity contribution in [2.45, 2.75) is 306 Å². The largest absolute Gasteiger partial charge is 1.00 e. The first-order valence-electron chi connectivity index (χ1n) is 35.8. The zero-order valence-corrected chi connectivity index (χ0v) is 58.2. The molecule has 10 saturated carbocycles. The van der Waals surface area contributed by atoms with Gasteiger partial charge in [0.25, 0.3) is 0 Å². The fourth-order valence-corrected chi connectivity index (χ4v) is 26.8. The van der Waals surface area contributed by atoms with Crippen molar-refractivity contribution in [2.75, 3.05) is 12.4 Å². The predicted octanol–water partition coefficient (Wildman–Crippen LogP) is 15.4. The van der Waals surface area contributed by atoms with E-state index in [1.807, 2.05) is 50.2 Å². The number of benzene rings is 2. The molecular formula is C77H125LiO8S2. The van der Waals surface area contributed by atoms with Gasteiger partial charge in [-0.3, -0.25) is 0 Å². The third-order valence-corrected chi connectivity index (χ3v) is 32.3. The van der Waals surface area contributed by atoms with Crippen molar-refractivity contribution in [3.8, 4) is 0 Å². The smallest absolute Gasteiger partial charge is 0.390 e. The molecule has 2 aromatic carbocycles. The topological polar surface area (TPSA) is 142 Å². The fourth-order valence-electron chi connectivity index (χ4n) is 22.9. The molecule has 1 heterocycles. The van der Waals surface area contributed by atoms with Gasteiger partial charge in [-0.2, -0.15) is 6.42 Å². The van der Waals surface area contributed by atoms with E-state index in [1.54, 1.807) is 24.3 Å². The average molecular weight is 1250 g/mol.